The van der Waals surface area contributed by atoms with Crippen LogP contribution >= 0.6 is 0 Å². The topological polar surface area (TPSA) is 58.6 Å². The molecule has 1 aliphatic rings. The lowest BCUT2D eigenvalue weighted by Crippen LogP contribution is -2.41. The van der Waals surface area contributed by atoms with Gasteiger partial charge in [-0.3, -0.25) is 14.5 Å². The van der Waals surface area contributed by atoms with Gasteiger partial charge in [0.05, 0.1) is 6.61 Å². The summed E-state index contributed by atoms with van der Waals surface area (Å²) in [5.74, 6) is -0.0620. The molecule has 1 aliphatic heterocycles. The molecule has 1 heterocycles. The maximum Gasteiger partial charge on any atom is 0.247 e. The van der Waals surface area contributed by atoms with Crippen LogP contribution in [0.25, 0.3) is 0 Å². The molecule has 2 aromatic carbocycles. The highest BCUT2D eigenvalue weighted by molar-refractivity contribution is 6.07. The molecule has 0 spiro atoms. The number of benzene rings is 2. The van der Waals surface area contributed by atoms with Gasteiger partial charge in [0.1, 0.15) is 17.6 Å². The molecule has 1 atom stereocenters. The average Bonchev–Trinajstić information content (AvgIpc) is 2.99. The second-order valence-corrected chi connectivity index (χ2v) is 5.74. The lowest BCUT2D eigenvalue weighted by molar-refractivity contribution is -0.120. The van der Waals surface area contributed by atoms with Crippen molar-refractivity contribution in [1.29, 1.82) is 0 Å². The van der Waals surface area contributed by atoms with Gasteiger partial charge < -0.3 is 10.1 Å². The fraction of sp³-hybridized carbons (Fsp3) is 0.263. The van der Waals surface area contributed by atoms with Crippen LogP contribution in [0.4, 0.5) is 15.8 Å². The Hall–Kier alpha value is -2.89. The molecule has 1 unspecified atom stereocenters. The number of ether oxygens (including phenoxy) is 1. The van der Waals surface area contributed by atoms with Gasteiger partial charge in [-0.2, -0.15) is 0 Å². The molecule has 0 radical (unpaired) electrons. The first-order valence-corrected chi connectivity index (χ1v) is 8.20. The number of nitrogens with one attached hydrogen (secondary N) is 1. The molecule has 1 saturated heterocycles. The smallest absolute Gasteiger partial charge is 0.247 e. The number of amides is 2. The first-order valence-electron chi connectivity index (χ1n) is 8.20. The third-order valence-corrected chi connectivity index (χ3v) is 4.05. The zero-order chi connectivity index (χ0) is 17.8. The Morgan fingerprint density at radius 2 is 1.88 bits per heavy atom. The number of hydrogen-bond acceptors (Lipinski definition) is 3. The molecule has 0 saturated carbocycles. The number of anilines is 2. The van der Waals surface area contributed by atoms with E-state index in [0.717, 1.165) is 5.75 Å². The van der Waals surface area contributed by atoms with E-state index in [4.69, 9.17) is 4.74 Å². The Kier molecular flexibility index (Phi) is 4.97. The Morgan fingerprint density at radius 1 is 1.20 bits per heavy atom. The first kappa shape index (κ1) is 17.0. The zero-order valence-electron chi connectivity index (χ0n) is 13.9. The highest BCUT2D eigenvalue weighted by Gasteiger charge is 2.37. The number of nitrogens with zero attached hydrogens (tertiary/aromatic N) is 1. The van der Waals surface area contributed by atoms with Crippen molar-refractivity contribution in [2.45, 2.75) is 25.8 Å². The third-order valence-electron chi connectivity index (χ3n) is 4.05. The van der Waals surface area contributed by atoms with Crippen molar-refractivity contribution in [2.24, 2.45) is 0 Å². The van der Waals surface area contributed by atoms with Gasteiger partial charge in [-0.1, -0.05) is 0 Å². The summed E-state index contributed by atoms with van der Waals surface area (Å²) < 4.78 is 18.5. The fourth-order valence-electron chi connectivity index (χ4n) is 2.88. The summed E-state index contributed by atoms with van der Waals surface area (Å²) in [6.45, 7) is 2.47. The molecule has 0 bridgehead atoms. The van der Waals surface area contributed by atoms with Gasteiger partial charge in [0.25, 0.3) is 0 Å². The van der Waals surface area contributed by atoms with Gasteiger partial charge in [-0.05, 0) is 61.9 Å². The molecule has 2 amide bonds. The fourth-order valence-corrected chi connectivity index (χ4v) is 2.88. The van der Waals surface area contributed by atoms with Crippen molar-refractivity contribution in [3.8, 4) is 5.75 Å². The Balaban J connectivity index is 1.73. The number of carbonyl (C=O) groups excluding carboxylic acids is 2. The van der Waals surface area contributed by atoms with Crippen LogP contribution < -0.4 is 15.0 Å². The summed E-state index contributed by atoms with van der Waals surface area (Å²) in [6.07, 6.45) is 0.720. The van der Waals surface area contributed by atoms with Gasteiger partial charge in [0.2, 0.25) is 11.8 Å². The quantitative estimate of drug-likeness (QED) is 0.906. The van der Waals surface area contributed by atoms with Crippen LogP contribution in [0.5, 0.6) is 5.75 Å². The van der Waals surface area contributed by atoms with E-state index in [1.54, 1.807) is 24.3 Å². The number of hydrogen-bond donors (Lipinski definition) is 1. The van der Waals surface area contributed by atoms with Crippen molar-refractivity contribution in [3.05, 3.63) is 54.3 Å². The van der Waals surface area contributed by atoms with E-state index in [9.17, 15) is 14.0 Å². The normalized spacial score (nSPS) is 16.8. The molecule has 1 fully saturated rings. The monoisotopic (exact) mass is 342 g/mol. The molecule has 1 N–H and O–H groups in total. The van der Waals surface area contributed by atoms with E-state index in [0.29, 0.717) is 30.8 Å². The third kappa shape index (κ3) is 3.79. The van der Waals surface area contributed by atoms with Crippen molar-refractivity contribution < 1.29 is 18.7 Å². The molecular weight excluding hydrogens is 323 g/mol. The van der Waals surface area contributed by atoms with Crippen LogP contribution in [0, 0.1) is 5.82 Å². The van der Waals surface area contributed by atoms with E-state index in [1.807, 2.05) is 6.92 Å². The van der Waals surface area contributed by atoms with E-state index >= 15 is 0 Å². The molecule has 6 heteroatoms. The minimum atomic E-state index is -0.607. The summed E-state index contributed by atoms with van der Waals surface area (Å²) in [6, 6.07) is 12.0. The summed E-state index contributed by atoms with van der Waals surface area (Å²) >= 11 is 0. The molecule has 0 aromatic heterocycles. The zero-order valence-corrected chi connectivity index (χ0v) is 13.9. The predicted molar refractivity (Wildman–Crippen MR) is 93.1 cm³/mol. The van der Waals surface area contributed by atoms with Crippen LogP contribution in [0.2, 0.25) is 0 Å². The highest BCUT2D eigenvalue weighted by Crippen LogP contribution is 2.28. The van der Waals surface area contributed by atoms with Gasteiger partial charge in [-0.15, -0.1) is 0 Å². The molecule has 5 nitrogen and oxygen atoms in total. The Labute approximate surface area is 145 Å². The minimum absolute atomic E-state index is 0.140. The minimum Gasteiger partial charge on any atom is -0.494 e. The maximum absolute atomic E-state index is 13.1. The molecule has 3 rings (SSSR count). The number of halogens is 1. The number of rotatable bonds is 5. The summed E-state index contributed by atoms with van der Waals surface area (Å²) in [5.41, 5.74) is 1.16. The summed E-state index contributed by atoms with van der Waals surface area (Å²) in [5, 5.41) is 2.82. The second-order valence-electron chi connectivity index (χ2n) is 5.74. The Morgan fingerprint density at radius 3 is 2.52 bits per heavy atom. The lowest BCUT2D eigenvalue weighted by atomic mass is 10.2. The lowest BCUT2D eigenvalue weighted by Gasteiger charge is -2.24. The standard InChI is InChI=1S/C19H19FN2O3/c1-2-25-16-9-5-14(6-10-16)21-19(24)17-11-12-18(23)22(17)15-7-3-13(20)4-8-15/h3-10,17H,2,11-12H2,1H3,(H,21,24). The summed E-state index contributed by atoms with van der Waals surface area (Å²) in [7, 11) is 0. The van der Waals surface area contributed by atoms with Gasteiger partial charge >= 0.3 is 0 Å². The van der Waals surface area contributed by atoms with Crippen LogP contribution in [0.3, 0.4) is 0 Å². The van der Waals surface area contributed by atoms with E-state index in [1.165, 1.54) is 29.2 Å². The predicted octanol–water partition coefficient (Wildman–Crippen LogP) is 3.36. The van der Waals surface area contributed by atoms with E-state index in [-0.39, 0.29) is 17.6 Å². The highest BCUT2D eigenvalue weighted by atomic mass is 19.1. The van der Waals surface area contributed by atoms with Crippen LogP contribution in [-0.2, 0) is 9.59 Å². The van der Waals surface area contributed by atoms with E-state index < -0.39 is 6.04 Å². The molecule has 0 aliphatic carbocycles. The molecule has 25 heavy (non-hydrogen) atoms. The van der Waals surface area contributed by atoms with Crippen molar-refractivity contribution in [3.63, 3.8) is 0 Å². The molecule has 130 valence electrons. The molecular formula is C19H19FN2O3. The van der Waals surface area contributed by atoms with Crippen LogP contribution in [-0.4, -0.2) is 24.5 Å². The van der Waals surface area contributed by atoms with Gasteiger partial charge in [0.15, 0.2) is 0 Å². The number of carbonyl (C=O) groups is 2. The molecule has 2 aromatic rings. The van der Waals surface area contributed by atoms with Crippen LogP contribution in [0.1, 0.15) is 19.8 Å². The van der Waals surface area contributed by atoms with Crippen molar-refractivity contribution in [1.82, 2.24) is 0 Å². The van der Waals surface area contributed by atoms with Gasteiger partial charge in [-0.25, -0.2) is 4.39 Å². The largest absolute Gasteiger partial charge is 0.494 e. The van der Waals surface area contributed by atoms with Crippen LogP contribution in [0.15, 0.2) is 48.5 Å². The SMILES string of the molecule is CCOc1ccc(NC(=O)C2CCC(=O)N2c2ccc(F)cc2)cc1. The Bertz CT molecular complexity index is 759. The first-order chi connectivity index (χ1) is 12.1. The summed E-state index contributed by atoms with van der Waals surface area (Å²) in [4.78, 5) is 26.2. The average molecular weight is 342 g/mol. The van der Waals surface area contributed by atoms with Crippen molar-refractivity contribution >= 4 is 23.2 Å². The van der Waals surface area contributed by atoms with E-state index in [2.05, 4.69) is 5.32 Å². The maximum atomic E-state index is 13.1. The van der Waals surface area contributed by atoms with Gasteiger partial charge in [0, 0.05) is 17.8 Å². The van der Waals surface area contributed by atoms with Crippen molar-refractivity contribution in [2.75, 3.05) is 16.8 Å². The second kappa shape index (κ2) is 7.34.